The molecule has 2 fully saturated rings. The summed E-state index contributed by atoms with van der Waals surface area (Å²) in [4.78, 5) is 16.1. The van der Waals surface area contributed by atoms with Crippen LogP contribution in [0.5, 0.6) is 0 Å². The number of carbonyl (C=O) groups excluding carboxylic acids is 1. The number of rotatable bonds is 4. The molecular weight excluding hydrogens is 268 g/mol. The fourth-order valence-corrected chi connectivity index (χ4v) is 2.79. The molecule has 0 radical (unpaired) electrons. The average Bonchev–Trinajstić information content (AvgIpc) is 2.50. The molecule has 0 atom stereocenters. The van der Waals surface area contributed by atoms with E-state index in [1.807, 2.05) is 30.3 Å². The molecule has 0 saturated carbocycles. The van der Waals surface area contributed by atoms with E-state index in [0.717, 1.165) is 51.5 Å². The van der Waals surface area contributed by atoms with Gasteiger partial charge in [0.25, 0.3) is 0 Å². The van der Waals surface area contributed by atoms with Gasteiger partial charge in [-0.05, 0) is 5.56 Å². The number of hydrogen-bond donors (Lipinski definition) is 0. The first-order valence-corrected chi connectivity index (χ1v) is 7.57. The summed E-state index contributed by atoms with van der Waals surface area (Å²) in [5, 5.41) is 0. The third kappa shape index (κ3) is 3.95. The Labute approximate surface area is 125 Å². The van der Waals surface area contributed by atoms with Crippen molar-refractivity contribution in [2.45, 2.75) is 6.61 Å². The van der Waals surface area contributed by atoms with Crippen molar-refractivity contribution in [3.63, 3.8) is 0 Å². The first-order chi connectivity index (χ1) is 10.3. The highest BCUT2D eigenvalue weighted by Crippen LogP contribution is 2.19. The number of benzene rings is 1. The summed E-state index contributed by atoms with van der Waals surface area (Å²) in [5.41, 5.74) is 1.02. The van der Waals surface area contributed by atoms with Crippen LogP contribution in [0.4, 0.5) is 4.79 Å². The third-order valence-corrected chi connectivity index (χ3v) is 4.04. The Kier molecular flexibility index (Phi) is 4.72. The molecule has 1 aromatic rings. The fourth-order valence-electron chi connectivity index (χ4n) is 2.79. The van der Waals surface area contributed by atoms with E-state index in [4.69, 9.17) is 9.47 Å². The second-order valence-electron chi connectivity index (χ2n) is 5.72. The van der Waals surface area contributed by atoms with Crippen LogP contribution in [0.1, 0.15) is 5.56 Å². The highest BCUT2D eigenvalue weighted by molar-refractivity contribution is 5.68. The van der Waals surface area contributed by atoms with E-state index >= 15 is 0 Å². The van der Waals surface area contributed by atoms with Crippen LogP contribution >= 0.6 is 0 Å². The van der Waals surface area contributed by atoms with E-state index < -0.39 is 0 Å². The number of ether oxygens (including phenoxy) is 2. The molecule has 2 saturated heterocycles. The van der Waals surface area contributed by atoms with Crippen LogP contribution in [-0.4, -0.2) is 61.8 Å². The number of hydrogen-bond acceptors (Lipinski definition) is 4. The van der Waals surface area contributed by atoms with Gasteiger partial charge in [-0.15, -0.1) is 0 Å². The van der Waals surface area contributed by atoms with Gasteiger partial charge in [0.15, 0.2) is 0 Å². The van der Waals surface area contributed by atoms with Crippen LogP contribution in [0.2, 0.25) is 0 Å². The Hall–Kier alpha value is -1.59. The van der Waals surface area contributed by atoms with E-state index in [0.29, 0.717) is 12.5 Å². The third-order valence-electron chi connectivity index (χ3n) is 4.04. The Balaban J connectivity index is 1.34. The van der Waals surface area contributed by atoms with Crippen molar-refractivity contribution in [3.8, 4) is 0 Å². The fraction of sp³-hybridized carbons (Fsp3) is 0.562. The van der Waals surface area contributed by atoms with Gasteiger partial charge in [-0.2, -0.15) is 0 Å². The number of likely N-dealkylation sites (tertiary alicyclic amines) is 1. The quantitative estimate of drug-likeness (QED) is 0.844. The van der Waals surface area contributed by atoms with Gasteiger partial charge in [0, 0.05) is 38.6 Å². The molecule has 0 spiro atoms. The molecule has 0 bridgehead atoms. The Bertz CT molecular complexity index is 454. The normalized spacial score (nSPS) is 20.1. The second kappa shape index (κ2) is 6.91. The van der Waals surface area contributed by atoms with Crippen LogP contribution in [-0.2, 0) is 16.1 Å². The van der Waals surface area contributed by atoms with Crippen molar-refractivity contribution in [1.29, 1.82) is 0 Å². The molecule has 5 heteroatoms. The zero-order valence-electron chi connectivity index (χ0n) is 12.2. The van der Waals surface area contributed by atoms with E-state index in [1.165, 1.54) is 0 Å². The minimum Gasteiger partial charge on any atom is -0.445 e. The zero-order chi connectivity index (χ0) is 14.5. The minimum atomic E-state index is -0.197. The Morgan fingerprint density at radius 2 is 1.90 bits per heavy atom. The zero-order valence-corrected chi connectivity index (χ0v) is 12.2. The summed E-state index contributed by atoms with van der Waals surface area (Å²) in [6, 6.07) is 9.78. The van der Waals surface area contributed by atoms with Gasteiger partial charge in [0.2, 0.25) is 0 Å². The number of carbonyl (C=O) groups is 1. The molecular formula is C16H22N2O3. The van der Waals surface area contributed by atoms with Crippen molar-refractivity contribution in [3.05, 3.63) is 35.9 Å². The van der Waals surface area contributed by atoms with Crippen molar-refractivity contribution < 1.29 is 14.3 Å². The lowest BCUT2D eigenvalue weighted by molar-refractivity contribution is 0.00264. The molecule has 2 aliphatic rings. The molecule has 0 aliphatic carbocycles. The summed E-state index contributed by atoms with van der Waals surface area (Å²) < 4.78 is 10.7. The van der Waals surface area contributed by atoms with Crippen molar-refractivity contribution in [1.82, 2.24) is 9.80 Å². The van der Waals surface area contributed by atoms with Gasteiger partial charge in [-0.1, -0.05) is 30.3 Å². The molecule has 3 rings (SSSR count). The van der Waals surface area contributed by atoms with Crippen LogP contribution in [0.25, 0.3) is 0 Å². The first-order valence-electron chi connectivity index (χ1n) is 7.57. The molecule has 1 amide bonds. The first kappa shape index (κ1) is 14.4. The van der Waals surface area contributed by atoms with Crippen molar-refractivity contribution in [2.75, 3.05) is 45.9 Å². The second-order valence-corrected chi connectivity index (χ2v) is 5.72. The smallest absolute Gasteiger partial charge is 0.410 e. The van der Waals surface area contributed by atoms with Crippen molar-refractivity contribution >= 4 is 6.09 Å². The molecule has 2 heterocycles. The molecule has 0 aromatic heterocycles. The lowest BCUT2D eigenvalue weighted by Crippen LogP contribution is -2.55. The maximum Gasteiger partial charge on any atom is 0.410 e. The van der Waals surface area contributed by atoms with Gasteiger partial charge < -0.3 is 14.4 Å². The summed E-state index contributed by atoms with van der Waals surface area (Å²) >= 11 is 0. The van der Waals surface area contributed by atoms with E-state index in [9.17, 15) is 4.79 Å². The van der Waals surface area contributed by atoms with Gasteiger partial charge in [0.1, 0.15) is 6.61 Å². The van der Waals surface area contributed by atoms with E-state index in [2.05, 4.69) is 4.90 Å². The monoisotopic (exact) mass is 290 g/mol. The molecule has 0 N–H and O–H groups in total. The number of amides is 1. The van der Waals surface area contributed by atoms with Crippen LogP contribution in [0, 0.1) is 5.92 Å². The topological polar surface area (TPSA) is 42.0 Å². The highest BCUT2D eigenvalue weighted by Gasteiger charge is 2.33. The molecule has 21 heavy (non-hydrogen) atoms. The molecule has 114 valence electrons. The minimum absolute atomic E-state index is 0.197. The Morgan fingerprint density at radius 3 is 2.62 bits per heavy atom. The predicted molar refractivity (Wildman–Crippen MR) is 78.9 cm³/mol. The largest absolute Gasteiger partial charge is 0.445 e. The SMILES string of the molecule is O=C(OCc1ccccc1)N1CC(CN2CCOCC2)C1. The predicted octanol–water partition coefficient (Wildman–Crippen LogP) is 1.59. The van der Waals surface area contributed by atoms with Gasteiger partial charge in [-0.3, -0.25) is 4.90 Å². The highest BCUT2D eigenvalue weighted by atomic mass is 16.6. The van der Waals surface area contributed by atoms with E-state index in [-0.39, 0.29) is 6.09 Å². The maximum absolute atomic E-state index is 11.9. The molecule has 0 unspecified atom stereocenters. The lowest BCUT2D eigenvalue weighted by atomic mass is 10.00. The van der Waals surface area contributed by atoms with Crippen LogP contribution in [0.15, 0.2) is 30.3 Å². The lowest BCUT2D eigenvalue weighted by Gasteiger charge is -2.41. The maximum atomic E-state index is 11.9. The summed E-state index contributed by atoms with van der Waals surface area (Å²) in [5.74, 6) is 0.576. The van der Waals surface area contributed by atoms with Crippen LogP contribution in [0.3, 0.4) is 0 Å². The van der Waals surface area contributed by atoms with Gasteiger partial charge in [-0.25, -0.2) is 4.79 Å². The Morgan fingerprint density at radius 1 is 1.19 bits per heavy atom. The standard InChI is InChI=1S/C16H22N2O3/c19-16(21-13-14-4-2-1-3-5-14)18-11-15(12-18)10-17-6-8-20-9-7-17/h1-5,15H,6-13H2. The summed E-state index contributed by atoms with van der Waals surface area (Å²) in [6.45, 7) is 6.71. The molecule has 1 aromatic carbocycles. The number of nitrogens with zero attached hydrogens (tertiary/aromatic N) is 2. The average molecular weight is 290 g/mol. The van der Waals surface area contributed by atoms with Gasteiger partial charge in [0.05, 0.1) is 13.2 Å². The van der Waals surface area contributed by atoms with Gasteiger partial charge >= 0.3 is 6.09 Å². The summed E-state index contributed by atoms with van der Waals surface area (Å²) in [6.07, 6.45) is -0.197. The summed E-state index contributed by atoms with van der Waals surface area (Å²) in [7, 11) is 0. The van der Waals surface area contributed by atoms with Crippen molar-refractivity contribution in [2.24, 2.45) is 5.92 Å². The van der Waals surface area contributed by atoms with Crippen LogP contribution < -0.4 is 0 Å². The molecule has 2 aliphatic heterocycles. The van der Waals surface area contributed by atoms with E-state index in [1.54, 1.807) is 4.90 Å². The number of morpholine rings is 1. The molecule has 5 nitrogen and oxygen atoms in total.